The molecule has 4 N–H and O–H groups in total. The molecule has 4 amide bonds. The third kappa shape index (κ3) is 16.7. The fraction of sp³-hybridized carbons (Fsp3) is 0.490. The van der Waals surface area contributed by atoms with Crippen LogP contribution in [-0.2, 0) is 57.6 Å². The number of Topliss-reactive ketones (excluding diaryl/α,β-unsaturated/α-hetero) is 2. The van der Waals surface area contributed by atoms with Crippen molar-refractivity contribution in [3.05, 3.63) is 101 Å². The first-order valence-corrected chi connectivity index (χ1v) is 22.1. The van der Waals surface area contributed by atoms with Gasteiger partial charge in [0.05, 0.1) is 31.4 Å². The van der Waals surface area contributed by atoms with E-state index in [1.165, 1.54) is 20.8 Å². The van der Waals surface area contributed by atoms with Crippen molar-refractivity contribution in [2.45, 2.75) is 117 Å². The highest BCUT2D eigenvalue weighted by molar-refractivity contribution is 5.99. The third-order valence-corrected chi connectivity index (χ3v) is 10.7. The van der Waals surface area contributed by atoms with Gasteiger partial charge in [-0.25, -0.2) is 0 Å². The topological polar surface area (TPSA) is 202 Å². The molecule has 4 rings (SSSR count). The van der Waals surface area contributed by atoms with E-state index >= 15 is 0 Å². The van der Waals surface area contributed by atoms with E-state index < -0.39 is 59.4 Å². The molecule has 1 aliphatic rings. The molecule has 15 heteroatoms. The molecular formula is C49H65N5O10. The van der Waals surface area contributed by atoms with Gasteiger partial charge < -0.3 is 35.5 Å². The van der Waals surface area contributed by atoms with Gasteiger partial charge in [-0.05, 0) is 81.2 Å². The lowest BCUT2D eigenvalue weighted by molar-refractivity contribution is -0.135. The van der Waals surface area contributed by atoms with Gasteiger partial charge in [-0.15, -0.1) is 0 Å². The van der Waals surface area contributed by atoms with Crippen molar-refractivity contribution in [1.29, 1.82) is 0 Å². The minimum absolute atomic E-state index is 0.0838. The summed E-state index contributed by atoms with van der Waals surface area (Å²) in [5.74, 6) is -3.09. The van der Waals surface area contributed by atoms with Crippen LogP contribution in [0, 0.1) is 5.92 Å². The van der Waals surface area contributed by atoms with E-state index in [4.69, 9.17) is 14.2 Å². The SMILES string of the molecule is CCCOCCN(CC(=O)N[C@@H](CCc1ccccc1)C(=O)N[C@@H](C)C(=O)N[C@@H](Cc1ccccc1)C(=O)N[C@@H](CC(C)C)C(=O)[C@@]1(C)CO1)Cc1ccc(OC(C)=O)c(C(C)=O)c1. The quantitative estimate of drug-likeness (QED) is 0.0280. The van der Waals surface area contributed by atoms with E-state index in [0.29, 0.717) is 38.2 Å². The van der Waals surface area contributed by atoms with Crippen molar-refractivity contribution < 1.29 is 47.8 Å². The molecule has 5 atom stereocenters. The molecule has 0 spiro atoms. The Labute approximate surface area is 376 Å². The first kappa shape index (κ1) is 50.9. The summed E-state index contributed by atoms with van der Waals surface area (Å²) in [7, 11) is 0. The van der Waals surface area contributed by atoms with Gasteiger partial charge >= 0.3 is 5.97 Å². The minimum Gasteiger partial charge on any atom is -0.426 e. The molecule has 1 fully saturated rings. The van der Waals surface area contributed by atoms with Crippen molar-refractivity contribution in [3.8, 4) is 5.75 Å². The predicted octanol–water partition coefficient (Wildman–Crippen LogP) is 4.28. The van der Waals surface area contributed by atoms with Crippen molar-refractivity contribution in [3.63, 3.8) is 0 Å². The zero-order chi connectivity index (χ0) is 46.8. The number of amides is 4. The number of benzene rings is 3. The second-order valence-electron chi connectivity index (χ2n) is 17.0. The molecule has 3 aromatic rings. The lowest BCUT2D eigenvalue weighted by Gasteiger charge is -2.27. The lowest BCUT2D eigenvalue weighted by Crippen LogP contribution is -2.58. The van der Waals surface area contributed by atoms with Crippen LogP contribution in [0.1, 0.15) is 94.8 Å². The molecule has 0 bridgehead atoms. The Balaban J connectivity index is 1.50. The van der Waals surface area contributed by atoms with Crippen LogP contribution in [0.25, 0.3) is 0 Å². The highest BCUT2D eigenvalue weighted by Gasteiger charge is 2.50. The highest BCUT2D eigenvalue weighted by atomic mass is 16.6. The van der Waals surface area contributed by atoms with E-state index in [-0.39, 0.29) is 61.3 Å². The van der Waals surface area contributed by atoms with Gasteiger partial charge in [0, 0.05) is 33.0 Å². The number of hydrogen-bond acceptors (Lipinski definition) is 11. The lowest BCUT2D eigenvalue weighted by atomic mass is 9.93. The third-order valence-electron chi connectivity index (χ3n) is 10.7. The van der Waals surface area contributed by atoms with Crippen LogP contribution in [0.3, 0.4) is 0 Å². The van der Waals surface area contributed by atoms with Crippen LogP contribution < -0.4 is 26.0 Å². The Kier molecular flexibility index (Phi) is 19.8. The van der Waals surface area contributed by atoms with Gasteiger partial charge in [0.2, 0.25) is 23.6 Å². The van der Waals surface area contributed by atoms with Crippen molar-refractivity contribution in [2.75, 3.05) is 32.9 Å². The molecule has 1 heterocycles. The van der Waals surface area contributed by atoms with Crippen LogP contribution in [-0.4, -0.2) is 109 Å². The number of aryl methyl sites for hydroxylation is 1. The van der Waals surface area contributed by atoms with Crippen molar-refractivity contribution >= 4 is 41.2 Å². The van der Waals surface area contributed by atoms with Gasteiger partial charge in [-0.1, -0.05) is 87.5 Å². The van der Waals surface area contributed by atoms with Gasteiger partial charge in [-0.2, -0.15) is 0 Å². The standard InChI is InChI=1S/C49H65N5O10/c1-8-24-62-25-23-54(29-38-20-22-43(64-35(6)56)39(27-38)34(5)55)30-44(57)51-40(21-19-36-15-11-9-12-16-36)47(60)50-33(4)46(59)53-42(28-37-17-13-10-14-18-37)48(61)52-41(26-32(2)3)45(58)49(7)31-63-49/h9-18,20,22,27,32-33,40-42H,8,19,21,23-26,28-31H2,1-7H3,(H,50,60)(H,51,57)(H,52,61)(H,53,59)/t33-,40-,41-,42-,49+/m0/s1. The normalized spacial score (nSPS) is 16.2. The molecule has 64 heavy (non-hydrogen) atoms. The Hall–Kier alpha value is -5.77. The van der Waals surface area contributed by atoms with Crippen molar-refractivity contribution in [2.24, 2.45) is 5.92 Å². The molecule has 0 aromatic heterocycles. The van der Waals surface area contributed by atoms with Gasteiger partial charge in [0.25, 0.3) is 0 Å². The molecular weight excluding hydrogens is 819 g/mol. The maximum Gasteiger partial charge on any atom is 0.308 e. The summed E-state index contributed by atoms with van der Waals surface area (Å²) in [6.07, 6.45) is 1.97. The van der Waals surface area contributed by atoms with Crippen LogP contribution in [0.2, 0.25) is 0 Å². The van der Waals surface area contributed by atoms with Gasteiger partial charge in [0.1, 0.15) is 29.5 Å². The molecule has 346 valence electrons. The number of carbonyl (C=O) groups is 7. The smallest absolute Gasteiger partial charge is 0.308 e. The number of epoxide rings is 1. The minimum atomic E-state index is -1.13. The van der Waals surface area contributed by atoms with E-state index in [1.54, 1.807) is 25.1 Å². The molecule has 15 nitrogen and oxygen atoms in total. The largest absolute Gasteiger partial charge is 0.426 e. The van der Waals surface area contributed by atoms with E-state index in [2.05, 4.69) is 21.3 Å². The Morgan fingerprint density at radius 3 is 1.97 bits per heavy atom. The monoisotopic (exact) mass is 883 g/mol. The summed E-state index contributed by atoms with van der Waals surface area (Å²) < 4.78 is 16.4. The van der Waals surface area contributed by atoms with Crippen LogP contribution >= 0.6 is 0 Å². The molecule has 0 saturated carbocycles. The number of carbonyl (C=O) groups excluding carboxylic acids is 7. The molecule has 0 aliphatic carbocycles. The number of ketones is 2. The second-order valence-corrected chi connectivity index (χ2v) is 17.0. The van der Waals surface area contributed by atoms with E-state index in [9.17, 15) is 33.6 Å². The maximum absolute atomic E-state index is 14.0. The average Bonchev–Trinajstić information content (AvgIpc) is 4.01. The first-order chi connectivity index (χ1) is 30.5. The molecule has 3 aromatic carbocycles. The summed E-state index contributed by atoms with van der Waals surface area (Å²) in [6, 6.07) is 19.4. The summed E-state index contributed by atoms with van der Waals surface area (Å²) in [6.45, 7) is 13.3. The van der Waals surface area contributed by atoms with Crippen LogP contribution in [0.5, 0.6) is 5.75 Å². The Morgan fingerprint density at radius 2 is 1.38 bits per heavy atom. The summed E-state index contributed by atoms with van der Waals surface area (Å²) >= 11 is 0. The van der Waals surface area contributed by atoms with E-state index in [0.717, 1.165) is 17.5 Å². The van der Waals surface area contributed by atoms with Crippen LogP contribution in [0.4, 0.5) is 0 Å². The van der Waals surface area contributed by atoms with Gasteiger partial charge in [-0.3, -0.25) is 38.5 Å². The second kappa shape index (κ2) is 24.9. The summed E-state index contributed by atoms with van der Waals surface area (Å²) in [4.78, 5) is 95.0. The molecule has 1 aliphatic heterocycles. The zero-order valence-electron chi connectivity index (χ0n) is 38.2. The maximum atomic E-state index is 14.0. The zero-order valence-corrected chi connectivity index (χ0v) is 38.2. The molecule has 0 unspecified atom stereocenters. The van der Waals surface area contributed by atoms with Crippen molar-refractivity contribution in [1.82, 2.24) is 26.2 Å². The fourth-order valence-corrected chi connectivity index (χ4v) is 7.10. The highest BCUT2D eigenvalue weighted by Crippen LogP contribution is 2.30. The number of rotatable bonds is 27. The summed E-state index contributed by atoms with van der Waals surface area (Å²) in [5.41, 5.74) is 1.68. The molecule has 1 saturated heterocycles. The number of esters is 1. The van der Waals surface area contributed by atoms with E-state index in [1.807, 2.05) is 86.3 Å². The molecule has 0 radical (unpaired) electrons. The predicted molar refractivity (Wildman–Crippen MR) is 241 cm³/mol. The number of hydrogen-bond donors (Lipinski definition) is 4. The van der Waals surface area contributed by atoms with Gasteiger partial charge in [0.15, 0.2) is 11.6 Å². The Bertz CT molecular complexity index is 2060. The fourth-order valence-electron chi connectivity index (χ4n) is 7.10. The number of nitrogens with zero attached hydrogens (tertiary/aromatic N) is 1. The number of nitrogens with one attached hydrogen (secondary N) is 4. The average molecular weight is 884 g/mol. The van der Waals surface area contributed by atoms with Crippen LogP contribution in [0.15, 0.2) is 78.9 Å². The first-order valence-electron chi connectivity index (χ1n) is 22.1. The Morgan fingerprint density at radius 1 is 0.750 bits per heavy atom. The summed E-state index contributed by atoms with van der Waals surface area (Å²) in [5, 5.41) is 11.3. The number of ether oxygens (including phenoxy) is 3.